The molecule has 5 nitrogen and oxygen atoms in total. The second kappa shape index (κ2) is 4.91. The van der Waals surface area contributed by atoms with E-state index in [-0.39, 0.29) is 0 Å². The zero-order valence-corrected chi connectivity index (χ0v) is 10.4. The SMILES string of the molecule is CCN(/N=C\c1cn(C)c2ccccc12)C(=O)O. The summed E-state index contributed by atoms with van der Waals surface area (Å²) in [6.45, 7) is 2.07. The van der Waals surface area contributed by atoms with E-state index in [0.29, 0.717) is 6.54 Å². The van der Waals surface area contributed by atoms with Crippen LogP contribution in [0.4, 0.5) is 4.79 Å². The summed E-state index contributed by atoms with van der Waals surface area (Å²) in [6, 6.07) is 7.93. The molecule has 0 saturated carbocycles. The van der Waals surface area contributed by atoms with Gasteiger partial charge in [-0.15, -0.1) is 0 Å². The van der Waals surface area contributed by atoms with Gasteiger partial charge in [0, 0.05) is 36.3 Å². The lowest BCUT2D eigenvalue weighted by Crippen LogP contribution is -2.23. The second-order valence-electron chi connectivity index (χ2n) is 3.96. The fourth-order valence-corrected chi connectivity index (χ4v) is 1.87. The van der Waals surface area contributed by atoms with E-state index in [1.807, 2.05) is 42.1 Å². The minimum Gasteiger partial charge on any atom is -0.464 e. The highest BCUT2D eigenvalue weighted by Crippen LogP contribution is 2.18. The van der Waals surface area contributed by atoms with Gasteiger partial charge in [0.05, 0.1) is 6.21 Å². The Morgan fingerprint density at radius 1 is 1.50 bits per heavy atom. The van der Waals surface area contributed by atoms with Crippen LogP contribution in [0.25, 0.3) is 10.9 Å². The van der Waals surface area contributed by atoms with Gasteiger partial charge in [-0.2, -0.15) is 10.1 Å². The third-order valence-electron chi connectivity index (χ3n) is 2.78. The highest BCUT2D eigenvalue weighted by Gasteiger charge is 2.07. The summed E-state index contributed by atoms with van der Waals surface area (Å²) in [4.78, 5) is 10.8. The van der Waals surface area contributed by atoms with Crippen molar-refractivity contribution in [1.29, 1.82) is 0 Å². The molecule has 1 amide bonds. The van der Waals surface area contributed by atoms with E-state index in [9.17, 15) is 4.79 Å². The Balaban J connectivity index is 2.37. The van der Waals surface area contributed by atoms with Gasteiger partial charge in [-0.3, -0.25) is 0 Å². The predicted octanol–water partition coefficient (Wildman–Crippen LogP) is 2.51. The predicted molar refractivity (Wildman–Crippen MR) is 70.9 cm³/mol. The summed E-state index contributed by atoms with van der Waals surface area (Å²) >= 11 is 0. The fraction of sp³-hybridized carbons (Fsp3) is 0.231. The van der Waals surface area contributed by atoms with Gasteiger partial charge >= 0.3 is 6.09 Å². The fourth-order valence-electron chi connectivity index (χ4n) is 1.87. The molecule has 0 aliphatic heterocycles. The highest BCUT2D eigenvalue weighted by molar-refractivity contribution is 5.99. The number of nitrogens with zero attached hydrogens (tertiary/aromatic N) is 3. The van der Waals surface area contributed by atoms with Crippen molar-refractivity contribution in [2.45, 2.75) is 6.92 Å². The standard InChI is InChI=1S/C13H15N3O2/c1-3-16(13(17)18)14-8-10-9-15(2)12-7-5-4-6-11(10)12/h4-9H,3H2,1-2H3,(H,17,18)/b14-8-. The third kappa shape index (κ3) is 2.20. The average Bonchev–Trinajstić information content (AvgIpc) is 2.68. The Hall–Kier alpha value is -2.30. The largest absolute Gasteiger partial charge is 0.464 e. The highest BCUT2D eigenvalue weighted by atomic mass is 16.4. The van der Waals surface area contributed by atoms with Crippen molar-refractivity contribution < 1.29 is 9.90 Å². The first-order valence-corrected chi connectivity index (χ1v) is 5.72. The molecule has 0 saturated heterocycles. The molecule has 0 aliphatic carbocycles. The molecule has 94 valence electrons. The number of aromatic nitrogens is 1. The van der Waals surface area contributed by atoms with Crippen LogP contribution < -0.4 is 0 Å². The minimum atomic E-state index is -1.05. The quantitative estimate of drug-likeness (QED) is 0.667. The molecular formula is C13H15N3O2. The van der Waals surface area contributed by atoms with E-state index in [2.05, 4.69) is 5.10 Å². The van der Waals surface area contributed by atoms with Crippen LogP contribution in [0, 0.1) is 0 Å². The number of rotatable bonds is 3. The maximum atomic E-state index is 10.8. The van der Waals surface area contributed by atoms with Crippen molar-refractivity contribution in [3.8, 4) is 0 Å². The minimum absolute atomic E-state index is 0.330. The summed E-state index contributed by atoms with van der Waals surface area (Å²) < 4.78 is 1.99. The number of para-hydroxylation sites is 1. The van der Waals surface area contributed by atoms with Crippen molar-refractivity contribution in [2.75, 3.05) is 6.54 Å². The molecule has 2 rings (SSSR count). The van der Waals surface area contributed by atoms with Gasteiger partial charge in [0.25, 0.3) is 0 Å². The molecule has 18 heavy (non-hydrogen) atoms. The smallest absolute Gasteiger partial charge is 0.427 e. The lowest BCUT2D eigenvalue weighted by molar-refractivity contribution is 0.150. The van der Waals surface area contributed by atoms with Crippen molar-refractivity contribution in [3.63, 3.8) is 0 Å². The summed E-state index contributed by atoms with van der Waals surface area (Å²) in [5.74, 6) is 0. The van der Waals surface area contributed by atoms with Crippen LogP contribution >= 0.6 is 0 Å². The topological polar surface area (TPSA) is 57.8 Å². The average molecular weight is 245 g/mol. The first-order valence-electron chi connectivity index (χ1n) is 5.72. The second-order valence-corrected chi connectivity index (χ2v) is 3.96. The molecule has 0 atom stereocenters. The number of fused-ring (bicyclic) bond motifs is 1. The van der Waals surface area contributed by atoms with E-state index < -0.39 is 6.09 Å². The molecule has 2 aromatic rings. The van der Waals surface area contributed by atoms with Crippen LogP contribution in [0.2, 0.25) is 0 Å². The molecule has 0 aliphatic rings. The summed E-state index contributed by atoms with van der Waals surface area (Å²) in [6.07, 6.45) is 2.47. The molecule has 1 aromatic carbocycles. The molecule has 0 spiro atoms. The summed E-state index contributed by atoms with van der Waals surface area (Å²) in [5.41, 5.74) is 2.00. The number of benzene rings is 1. The van der Waals surface area contributed by atoms with Crippen molar-refractivity contribution in [3.05, 3.63) is 36.0 Å². The Labute approximate surface area is 105 Å². The zero-order valence-electron chi connectivity index (χ0n) is 10.4. The third-order valence-corrected chi connectivity index (χ3v) is 2.78. The van der Waals surface area contributed by atoms with Crippen LogP contribution in [0.1, 0.15) is 12.5 Å². The van der Waals surface area contributed by atoms with E-state index in [1.54, 1.807) is 13.1 Å². The molecule has 1 heterocycles. The summed E-state index contributed by atoms with van der Waals surface area (Å²) in [5, 5.41) is 14.9. The lowest BCUT2D eigenvalue weighted by atomic mass is 10.2. The molecule has 5 heteroatoms. The molecule has 0 radical (unpaired) electrons. The van der Waals surface area contributed by atoms with Gasteiger partial charge in [-0.1, -0.05) is 18.2 Å². The maximum Gasteiger partial charge on any atom is 0.427 e. The van der Waals surface area contributed by atoms with Crippen molar-refractivity contribution >= 4 is 23.2 Å². The number of hydrogen-bond acceptors (Lipinski definition) is 2. The van der Waals surface area contributed by atoms with Crippen LogP contribution in [0.5, 0.6) is 0 Å². The first-order chi connectivity index (χ1) is 8.63. The van der Waals surface area contributed by atoms with Gasteiger partial charge in [-0.25, -0.2) is 4.79 Å². The van der Waals surface area contributed by atoms with Crippen LogP contribution in [0.3, 0.4) is 0 Å². The molecule has 1 aromatic heterocycles. The van der Waals surface area contributed by atoms with E-state index >= 15 is 0 Å². The van der Waals surface area contributed by atoms with Gasteiger partial charge in [0.15, 0.2) is 0 Å². The maximum absolute atomic E-state index is 10.8. The molecular weight excluding hydrogens is 230 g/mol. The Morgan fingerprint density at radius 3 is 2.89 bits per heavy atom. The molecule has 1 N–H and O–H groups in total. The number of aryl methyl sites for hydroxylation is 1. The molecule has 0 unspecified atom stereocenters. The van der Waals surface area contributed by atoms with Gasteiger partial charge in [0.1, 0.15) is 0 Å². The van der Waals surface area contributed by atoms with Gasteiger partial charge < -0.3 is 9.67 Å². The summed E-state index contributed by atoms with van der Waals surface area (Å²) in [7, 11) is 1.95. The Kier molecular flexibility index (Phi) is 3.32. The van der Waals surface area contributed by atoms with E-state index in [4.69, 9.17) is 5.11 Å². The van der Waals surface area contributed by atoms with Gasteiger partial charge in [-0.05, 0) is 13.0 Å². The van der Waals surface area contributed by atoms with Crippen LogP contribution in [-0.2, 0) is 7.05 Å². The number of hydrogen-bond donors (Lipinski definition) is 1. The van der Waals surface area contributed by atoms with Crippen molar-refractivity contribution in [1.82, 2.24) is 9.58 Å². The zero-order chi connectivity index (χ0) is 13.1. The van der Waals surface area contributed by atoms with E-state index in [1.165, 1.54) is 0 Å². The Morgan fingerprint density at radius 2 is 2.22 bits per heavy atom. The first kappa shape index (κ1) is 12.2. The van der Waals surface area contributed by atoms with Gasteiger partial charge in [0.2, 0.25) is 0 Å². The van der Waals surface area contributed by atoms with Crippen molar-refractivity contribution in [2.24, 2.45) is 12.1 Å². The number of carboxylic acid groups (broad SMARTS) is 1. The Bertz CT molecular complexity index is 601. The molecule has 0 bridgehead atoms. The number of carbonyl (C=O) groups is 1. The van der Waals surface area contributed by atoms with E-state index in [0.717, 1.165) is 21.5 Å². The monoisotopic (exact) mass is 245 g/mol. The van der Waals surface area contributed by atoms with Crippen LogP contribution in [0.15, 0.2) is 35.6 Å². The molecule has 0 fully saturated rings. The number of amides is 1. The van der Waals surface area contributed by atoms with Crippen LogP contribution in [-0.4, -0.2) is 33.5 Å². The normalized spacial score (nSPS) is 11.2. The number of hydrazone groups is 1. The lowest BCUT2D eigenvalue weighted by Gasteiger charge is -2.08.